The first-order valence-corrected chi connectivity index (χ1v) is 7.41. The van der Waals surface area contributed by atoms with E-state index in [0.29, 0.717) is 11.8 Å². The molecule has 0 spiro atoms. The summed E-state index contributed by atoms with van der Waals surface area (Å²) in [6.07, 6.45) is 7.86. The summed E-state index contributed by atoms with van der Waals surface area (Å²) in [5.41, 5.74) is 1.79. The van der Waals surface area contributed by atoms with Crippen LogP contribution in [0.5, 0.6) is 0 Å². The molecule has 6 atom stereocenters. The molecule has 0 radical (unpaired) electrons. The van der Waals surface area contributed by atoms with E-state index in [2.05, 4.69) is 12.1 Å². The number of hydrogen-bond acceptors (Lipinski definition) is 2. The van der Waals surface area contributed by atoms with Crippen LogP contribution in [0, 0.1) is 58.2 Å². The minimum absolute atomic E-state index is 0.453. The van der Waals surface area contributed by atoms with E-state index in [1.54, 1.807) is 0 Å². The van der Waals surface area contributed by atoms with Gasteiger partial charge in [-0.2, -0.15) is 10.5 Å². The van der Waals surface area contributed by atoms with Gasteiger partial charge in [-0.1, -0.05) is 12.8 Å². The first-order valence-electron chi connectivity index (χ1n) is 7.41. The topological polar surface area (TPSA) is 47.6 Å². The first kappa shape index (κ1) is 10.6. The molecule has 0 aliphatic heterocycles. The van der Waals surface area contributed by atoms with E-state index in [-0.39, 0.29) is 0 Å². The number of allylic oxidation sites excluding steroid dienone is 2. The lowest BCUT2D eigenvalue weighted by Gasteiger charge is -2.52. The van der Waals surface area contributed by atoms with Crippen LogP contribution < -0.4 is 0 Å². The summed E-state index contributed by atoms with van der Waals surface area (Å²) in [6, 6.07) is 4.84. The Hall–Kier alpha value is -1.28. The van der Waals surface area contributed by atoms with E-state index in [1.165, 1.54) is 38.5 Å². The number of nitriles is 2. The van der Waals surface area contributed by atoms with Crippen molar-refractivity contribution >= 4 is 0 Å². The molecule has 0 aromatic carbocycles. The smallest absolute Gasteiger partial charge is 0.0960 e. The lowest BCUT2D eigenvalue weighted by Crippen LogP contribution is -2.48. The van der Waals surface area contributed by atoms with Crippen molar-refractivity contribution in [2.45, 2.75) is 38.5 Å². The fourth-order valence-electron chi connectivity index (χ4n) is 5.94. The fraction of sp³-hybridized carbons (Fsp3) is 0.750. The number of hydrogen-bond donors (Lipinski definition) is 0. The Balaban J connectivity index is 1.91. The molecular weight excluding hydrogens is 220 g/mol. The molecule has 3 saturated carbocycles. The zero-order chi connectivity index (χ0) is 12.3. The molecule has 0 saturated heterocycles. The molecule has 0 aromatic rings. The minimum atomic E-state index is 0.453. The summed E-state index contributed by atoms with van der Waals surface area (Å²) < 4.78 is 0. The summed E-state index contributed by atoms with van der Waals surface area (Å²) in [5, 5.41) is 19.0. The lowest BCUT2D eigenvalue weighted by molar-refractivity contribution is 0.0317. The Morgan fingerprint density at radius 2 is 1.00 bits per heavy atom. The summed E-state index contributed by atoms with van der Waals surface area (Å²) >= 11 is 0. The van der Waals surface area contributed by atoms with Gasteiger partial charge >= 0.3 is 0 Å². The van der Waals surface area contributed by atoms with E-state index in [9.17, 15) is 10.5 Å². The van der Waals surface area contributed by atoms with Crippen molar-refractivity contribution < 1.29 is 0 Å². The van der Waals surface area contributed by atoms with Crippen molar-refractivity contribution in [3.63, 3.8) is 0 Å². The van der Waals surface area contributed by atoms with Gasteiger partial charge in [0.1, 0.15) is 0 Å². The van der Waals surface area contributed by atoms with Crippen molar-refractivity contribution in [3.05, 3.63) is 11.1 Å². The highest BCUT2D eigenvalue weighted by atomic mass is 14.6. The predicted octanol–water partition coefficient (Wildman–Crippen LogP) is 3.42. The third kappa shape index (κ3) is 1.08. The molecule has 0 heterocycles. The Morgan fingerprint density at radius 3 is 1.28 bits per heavy atom. The molecule has 5 aliphatic rings. The van der Waals surface area contributed by atoms with E-state index < -0.39 is 0 Å². The van der Waals surface area contributed by atoms with Gasteiger partial charge in [-0.3, -0.25) is 0 Å². The van der Waals surface area contributed by atoms with Gasteiger partial charge in [0.2, 0.25) is 0 Å². The average Bonchev–Trinajstić information content (AvgIpc) is 3.06. The Bertz CT molecular complexity index is 438. The summed E-state index contributed by atoms with van der Waals surface area (Å²) in [5.74, 6) is 3.86. The summed E-state index contributed by atoms with van der Waals surface area (Å²) in [4.78, 5) is 0. The fourth-order valence-corrected chi connectivity index (χ4v) is 5.94. The van der Waals surface area contributed by atoms with Gasteiger partial charge in [0.05, 0.1) is 12.1 Å². The van der Waals surface area contributed by atoms with Crippen LogP contribution in [0.1, 0.15) is 38.5 Å². The van der Waals surface area contributed by atoms with Crippen LogP contribution in [0.25, 0.3) is 0 Å². The van der Waals surface area contributed by atoms with Gasteiger partial charge < -0.3 is 0 Å². The van der Waals surface area contributed by atoms with Gasteiger partial charge in [-0.05, 0) is 49.4 Å². The van der Waals surface area contributed by atoms with Crippen molar-refractivity contribution in [2.75, 3.05) is 0 Å². The predicted molar refractivity (Wildman–Crippen MR) is 66.9 cm³/mol. The molecule has 18 heavy (non-hydrogen) atoms. The van der Waals surface area contributed by atoms with Crippen molar-refractivity contribution in [1.29, 1.82) is 10.5 Å². The molecule has 5 aliphatic carbocycles. The average molecular weight is 238 g/mol. The maximum absolute atomic E-state index is 9.50. The van der Waals surface area contributed by atoms with Crippen LogP contribution in [0.15, 0.2) is 11.1 Å². The molecule has 2 nitrogen and oxygen atoms in total. The van der Waals surface area contributed by atoms with Crippen LogP contribution in [0.3, 0.4) is 0 Å². The minimum Gasteiger partial charge on any atom is -0.193 e. The standard InChI is InChI=1S/C16H18N2/c17-7-13-14(8-18)16-10-4-1-3-9(10)15(13)11-5-2-6-12(11)16/h9-12,15-16H,1-6H2/t9-,10+,11+,12-,15?,16?. The molecular formula is C16H18N2. The number of nitrogens with zero attached hydrogens (tertiary/aromatic N) is 2. The van der Waals surface area contributed by atoms with E-state index in [1.807, 2.05) is 0 Å². The highest BCUT2D eigenvalue weighted by Crippen LogP contribution is 2.65. The SMILES string of the molecule is N#CC1=C(C#N)C2[C@H]3CCC[C@H]3C1[C@H]1CCC[C@@H]21. The summed E-state index contributed by atoms with van der Waals surface area (Å²) in [7, 11) is 0. The maximum atomic E-state index is 9.50. The third-order valence-corrected chi connectivity index (χ3v) is 6.29. The van der Waals surface area contributed by atoms with Gasteiger partial charge in [0.25, 0.3) is 0 Å². The van der Waals surface area contributed by atoms with E-state index in [0.717, 1.165) is 34.8 Å². The lowest BCUT2D eigenvalue weighted by atomic mass is 9.50. The Morgan fingerprint density at radius 1 is 0.667 bits per heavy atom. The molecule has 92 valence electrons. The zero-order valence-corrected chi connectivity index (χ0v) is 10.6. The number of rotatable bonds is 0. The molecule has 2 heteroatoms. The van der Waals surface area contributed by atoms with Gasteiger partial charge in [0, 0.05) is 23.0 Å². The van der Waals surface area contributed by atoms with Crippen LogP contribution in [0.4, 0.5) is 0 Å². The molecule has 0 N–H and O–H groups in total. The maximum Gasteiger partial charge on any atom is 0.0960 e. The monoisotopic (exact) mass is 238 g/mol. The normalized spacial score (nSPS) is 48.6. The largest absolute Gasteiger partial charge is 0.193 e. The van der Waals surface area contributed by atoms with Crippen molar-refractivity contribution in [1.82, 2.24) is 0 Å². The summed E-state index contributed by atoms with van der Waals surface area (Å²) in [6.45, 7) is 0. The van der Waals surface area contributed by atoms with Gasteiger partial charge in [-0.15, -0.1) is 0 Å². The van der Waals surface area contributed by atoms with Crippen LogP contribution in [0.2, 0.25) is 0 Å². The second kappa shape index (κ2) is 3.61. The highest BCUT2D eigenvalue weighted by Gasteiger charge is 2.59. The van der Waals surface area contributed by atoms with Crippen molar-refractivity contribution in [2.24, 2.45) is 35.5 Å². The molecule has 2 unspecified atom stereocenters. The van der Waals surface area contributed by atoms with Crippen molar-refractivity contribution in [3.8, 4) is 12.1 Å². The van der Waals surface area contributed by atoms with Crippen LogP contribution >= 0.6 is 0 Å². The zero-order valence-electron chi connectivity index (χ0n) is 10.6. The van der Waals surface area contributed by atoms with E-state index in [4.69, 9.17) is 0 Å². The molecule has 0 aromatic heterocycles. The van der Waals surface area contributed by atoms with E-state index >= 15 is 0 Å². The molecule has 3 fully saturated rings. The van der Waals surface area contributed by atoms with Crippen LogP contribution in [-0.4, -0.2) is 0 Å². The highest BCUT2D eigenvalue weighted by molar-refractivity contribution is 5.47. The quantitative estimate of drug-likeness (QED) is 0.649. The molecule has 2 bridgehead atoms. The first-order chi connectivity index (χ1) is 8.86. The second-order valence-corrected chi connectivity index (χ2v) is 6.62. The second-order valence-electron chi connectivity index (χ2n) is 6.62. The third-order valence-electron chi connectivity index (χ3n) is 6.29. The van der Waals surface area contributed by atoms with Gasteiger partial charge in [-0.25, -0.2) is 0 Å². The van der Waals surface area contributed by atoms with Gasteiger partial charge in [0.15, 0.2) is 0 Å². The van der Waals surface area contributed by atoms with Crippen LogP contribution in [-0.2, 0) is 0 Å². The Kier molecular flexibility index (Phi) is 2.13. The molecule has 5 rings (SSSR count). The Labute approximate surface area is 108 Å². The molecule has 0 amide bonds.